The summed E-state index contributed by atoms with van der Waals surface area (Å²) in [6.45, 7) is 6.29. The first-order valence-electron chi connectivity index (χ1n) is 8.62. The molecule has 0 radical (unpaired) electrons. The van der Waals surface area contributed by atoms with Gasteiger partial charge in [0.25, 0.3) is 0 Å². The second-order valence-electron chi connectivity index (χ2n) is 7.78. The Hall–Kier alpha value is -2.56. The molecule has 0 fully saturated rings. The summed E-state index contributed by atoms with van der Waals surface area (Å²) >= 11 is 0. The van der Waals surface area contributed by atoms with E-state index in [1.54, 1.807) is 7.11 Å². The summed E-state index contributed by atoms with van der Waals surface area (Å²) in [7, 11) is 1.66. The molecule has 5 heteroatoms. The van der Waals surface area contributed by atoms with Crippen LogP contribution >= 0.6 is 0 Å². The van der Waals surface area contributed by atoms with Gasteiger partial charge in [0.1, 0.15) is 5.75 Å². The van der Waals surface area contributed by atoms with E-state index in [0.29, 0.717) is 6.42 Å². The number of anilines is 1. The second-order valence-corrected chi connectivity index (χ2v) is 7.78. The number of hydrogen-bond acceptors (Lipinski definition) is 4. The van der Waals surface area contributed by atoms with Gasteiger partial charge in [0.2, 0.25) is 0 Å². The van der Waals surface area contributed by atoms with Crippen LogP contribution in [0.3, 0.4) is 0 Å². The van der Waals surface area contributed by atoms with E-state index >= 15 is 0 Å². The summed E-state index contributed by atoms with van der Waals surface area (Å²) in [4.78, 5) is 13.1. The molecule has 0 spiro atoms. The number of hydrogen-bond donors (Lipinski definition) is 2. The molecule has 1 atom stereocenters. The molecule has 5 nitrogen and oxygen atoms in total. The summed E-state index contributed by atoms with van der Waals surface area (Å²) in [5.41, 5.74) is 4.95. The van der Waals surface area contributed by atoms with Crippen molar-refractivity contribution in [2.75, 3.05) is 12.4 Å². The number of fused-ring (bicyclic) bond motifs is 1. The van der Waals surface area contributed by atoms with Crippen molar-refractivity contribution in [2.45, 2.75) is 39.5 Å². The third kappa shape index (κ3) is 2.54. The van der Waals surface area contributed by atoms with Crippen LogP contribution in [0.15, 0.2) is 35.5 Å². The zero-order chi connectivity index (χ0) is 17.8. The SMILES string of the molecule is COc1cccc([C@H]2C3=C(CC(C)(C)CC3=O)Nc3n[nH]c(C)c32)c1. The lowest BCUT2D eigenvalue weighted by Crippen LogP contribution is -2.33. The van der Waals surface area contributed by atoms with Crippen LogP contribution in [0.2, 0.25) is 0 Å². The molecule has 0 bridgehead atoms. The Bertz CT molecular complexity index is 892. The second kappa shape index (κ2) is 5.48. The predicted molar refractivity (Wildman–Crippen MR) is 96.8 cm³/mol. The van der Waals surface area contributed by atoms with E-state index < -0.39 is 0 Å². The molecule has 0 saturated heterocycles. The Morgan fingerprint density at radius 3 is 2.84 bits per heavy atom. The maximum absolute atomic E-state index is 13.1. The number of ether oxygens (including phenoxy) is 1. The molecule has 25 heavy (non-hydrogen) atoms. The fourth-order valence-corrected chi connectivity index (χ4v) is 4.11. The minimum Gasteiger partial charge on any atom is -0.497 e. The molecule has 0 amide bonds. The normalized spacial score (nSPS) is 21.4. The number of benzene rings is 1. The van der Waals surface area contributed by atoms with Crippen molar-refractivity contribution in [1.29, 1.82) is 0 Å². The van der Waals surface area contributed by atoms with Gasteiger partial charge in [-0.3, -0.25) is 9.89 Å². The molecule has 2 heterocycles. The van der Waals surface area contributed by atoms with Gasteiger partial charge < -0.3 is 10.1 Å². The van der Waals surface area contributed by atoms with Crippen LogP contribution in [-0.4, -0.2) is 23.1 Å². The monoisotopic (exact) mass is 337 g/mol. The van der Waals surface area contributed by atoms with E-state index in [1.165, 1.54) is 0 Å². The van der Waals surface area contributed by atoms with E-state index in [9.17, 15) is 4.79 Å². The van der Waals surface area contributed by atoms with Crippen molar-refractivity contribution in [3.05, 3.63) is 52.4 Å². The quantitative estimate of drug-likeness (QED) is 0.871. The van der Waals surface area contributed by atoms with Crippen LogP contribution in [0.4, 0.5) is 5.82 Å². The first kappa shape index (κ1) is 15.9. The van der Waals surface area contributed by atoms with E-state index in [1.807, 2.05) is 25.1 Å². The van der Waals surface area contributed by atoms with Crippen LogP contribution < -0.4 is 10.1 Å². The van der Waals surface area contributed by atoms with Crippen LogP contribution in [0, 0.1) is 12.3 Å². The van der Waals surface area contributed by atoms with Gasteiger partial charge in [-0.2, -0.15) is 5.10 Å². The van der Waals surface area contributed by atoms with Crippen molar-refractivity contribution in [1.82, 2.24) is 10.2 Å². The van der Waals surface area contributed by atoms with Crippen LogP contribution in [0.5, 0.6) is 5.75 Å². The summed E-state index contributed by atoms with van der Waals surface area (Å²) in [6.07, 6.45) is 1.42. The topological polar surface area (TPSA) is 67.0 Å². The number of carbonyl (C=O) groups is 1. The molecular formula is C20H23N3O2. The van der Waals surface area contributed by atoms with Crippen LogP contribution in [0.25, 0.3) is 0 Å². The Labute approximate surface area is 147 Å². The lowest BCUT2D eigenvalue weighted by atomic mass is 9.69. The highest BCUT2D eigenvalue weighted by atomic mass is 16.5. The number of carbonyl (C=O) groups excluding carboxylic acids is 1. The number of aryl methyl sites for hydroxylation is 1. The number of aromatic nitrogens is 2. The molecule has 2 N–H and O–H groups in total. The molecule has 0 saturated carbocycles. The maximum Gasteiger partial charge on any atom is 0.162 e. The molecule has 2 aliphatic rings. The number of allylic oxidation sites excluding steroid dienone is 2. The summed E-state index contributed by atoms with van der Waals surface area (Å²) in [5, 5.41) is 10.9. The molecular weight excluding hydrogens is 314 g/mol. The van der Waals surface area contributed by atoms with E-state index in [4.69, 9.17) is 4.74 Å². The molecule has 4 rings (SSSR count). The average Bonchev–Trinajstić information content (AvgIpc) is 2.92. The van der Waals surface area contributed by atoms with Gasteiger partial charge in [-0.05, 0) is 36.5 Å². The number of nitrogens with zero attached hydrogens (tertiary/aromatic N) is 1. The van der Waals surface area contributed by atoms with Gasteiger partial charge in [-0.25, -0.2) is 0 Å². The van der Waals surface area contributed by atoms with Crippen LogP contribution in [0.1, 0.15) is 49.4 Å². The van der Waals surface area contributed by atoms with E-state index in [0.717, 1.165) is 46.1 Å². The van der Waals surface area contributed by atoms with Crippen molar-refractivity contribution >= 4 is 11.6 Å². The highest BCUT2D eigenvalue weighted by Crippen LogP contribution is 2.49. The first-order valence-corrected chi connectivity index (χ1v) is 8.62. The maximum atomic E-state index is 13.1. The summed E-state index contributed by atoms with van der Waals surface area (Å²) in [6, 6.07) is 7.98. The van der Waals surface area contributed by atoms with Crippen molar-refractivity contribution in [3.8, 4) is 5.75 Å². The minimum atomic E-state index is -0.108. The smallest absolute Gasteiger partial charge is 0.162 e. The predicted octanol–water partition coefficient (Wildman–Crippen LogP) is 3.93. The number of H-pyrrole nitrogens is 1. The first-order chi connectivity index (χ1) is 11.9. The van der Waals surface area contributed by atoms with Gasteiger partial charge in [0.15, 0.2) is 11.6 Å². The standard InChI is InChI=1S/C20H23N3O2/c1-11-16-17(12-6-5-7-13(8-12)25-4)18-14(21-19(16)23-22-11)9-20(2,3)10-15(18)24/h5-8,17H,9-10H2,1-4H3,(H2,21,22,23)/t17-/m1/s1. The van der Waals surface area contributed by atoms with Gasteiger partial charge in [0, 0.05) is 34.9 Å². The number of rotatable bonds is 2. The Morgan fingerprint density at radius 1 is 1.28 bits per heavy atom. The molecule has 1 aliphatic heterocycles. The summed E-state index contributed by atoms with van der Waals surface area (Å²) in [5.74, 6) is 1.74. The minimum absolute atomic E-state index is 0.0370. The number of nitrogens with one attached hydrogen (secondary N) is 2. The Kier molecular flexibility index (Phi) is 3.49. The van der Waals surface area contributed by atoms with Gasteiger partial charge in [-0.15, -0.1) is 0 Å². The average molecular weight is 337 g/mol. The fraction of sp³-hybridized carbons (Fsp3) is 0.400. The molecule has 2 aromatic rings. The lowest BCUT2D eigenvalue weighted by molar-refractivity contribution is -0.118. The Balaban J connectivity index is 1.93. The van der Waals surface area contributed by atoms with Crippen molar-refractivity contribution in [2.24, 2.45) is 5.41 Å². The highest BCUT2D eigenvalue weighted by Gasteiger charge is 2.42. The number of aromatic amines is 1. The van der Waals surface area contributed by atoms with Gasteiger partial charge in [-0.1, -0.05) is 26.0 Å². The van der Waals surface area contributed by atoms with E-state index in [2.05, 4.69) is 35.4 Å². The van der Waals surface area contributed by atoms with Crippen molar-refractivity contribution < 1.29 is 9.53 Å². The summed E-state index contributed by atoms with van der Waals surface area (Å²) < 4.78 is 5.40. The molecule has 0 unspecified atom stereocenters. The van der Waals surface area contributed by atoms with Gasteiger partial charge >= 0.3 is 0 Å². The number of ketones is 1. The Morgan fingerprint density at radius 2 is 2.08 bits per heavy atom. The number of methoxy groups -OCH3 is 1. The van der Waals surface area contributed by atoms with Gasteiger partial charge in [0.05, 0.1) is 7.11 Å². The molecule has 1 aromatic carbocycles. The zero-order valence-electron chi connectivity index (χ0n) is 15.1. The largest absolute Gasteiger partial charge is 0.497 e. The lowest BCUT2D eigenvalue weighted by Gasteiger charge is -2.38. The van der Waals surface area contributed by atoms with Crippen molar-refractivity contribution in [3.63, 3.8) is 0 Å². The molecule has 130 valence electrons. The zero-order valence-corrected chi connectivity index (χ0v) is 15.1. The fourth-order valence-electron chi connectivity index (χ4n) is 4.11. The number of Topliss-reactive ketones (excluding diaryl/α,β-unsaturated/α-hetero) is 1. The third-order valence-electron chi connectivity index (χ3n) is 5.19. The highest BCUT2D eigenvalue weighted by molar-refractivity contribution is 6.01. The molecule has 1 aromatic heterocycles. The third-order valence-corrected chi connectivity index (χ3v) is 5.19. The van der Waals surface area contributed by atoms with Crippen LogP contribution in [-0.2, 0) is 4.79 Å². The molecule has 1 aliphatic carbocycles. The van der Waals surface area contributed by atoms with E-state index in [-0.39, 0.29) is 17.1 Å².